The number of nitrogens with zero attached hydrogens (tertiary/aromatic N) is 1. The summed E-state index contributed by atoms with van der Waals surface area (Å²) in [7, 11) is 0. The van der Waals surface area contributed by atoms with Crippen LogP contribution >= 0.6 is 0 Å². The van der Waals surface area contributed by atoms with Gasteiger partial charge in [-0.25, -0.2) is 9.59 Å². The fourth-order valence-corrected chi connectivity index (χ4v) is 2.57. The Balaban J connectivity index is 2.14. The van der Waals surface area contributed by atoms with E-state index in [4.69, 9.17) is 10.2 Å². The number of benzene rings is 2. The van der Waals surface area contributed by atoms with Crippen molar-refractivity contribution < 1.29 is 24.7 Å². The second-order valence-corrected chi connectivity index (χ2v) is 5.07. The molecule has 0 aliphatic carbocycles. The molecule has 0 saturated heterocycles. The fraction of sp³-hybridized carbons (Fsp3) is 0.0667. The van der Waals surface area contributed by atoms with E-state index < -0.39 is 16.9 Å². The number of fused-ring (bicyclic) bond motifs is 2. The van der Waals surface area contributed by atoms with Crippen molar-refractivity contribution in [2.75, 3.05) is 5.32 Å². The topological polar surface area (TPSA) is 130 Å². The lowest BCUT2D eigenvalue weighted by Gasteiger charge is -2.22. The van der Waals surface area contributed by atoms with Crippen molar-refractivity contribution in [2.45, 2.75) is 6.42 Å². The van der Waals surface area contributed by atoms with Crippen LogP contribution in [0.25, 0.3) is 0 Å². The highest BCUT2D eigenvalue weighted by molar-refractivity contribution is 5.93. The summed E-state index contributed by atoms with van der Waals surface area (Å²) >= 11 is 0. The van der Waals surface area contributed by atoms with E-state index in [1.165, 1.54) is 24.3 Å². The minimum atomic E-state index is -1.26. The number of carboxylic acid groups (broad SMARTS) is 2. The first-order valence-electron chi connectivity index (χ1n) is 6.54. The van der Waals surface area contributed by atoms with Gasteiger partial charge < -0.3 is 15.5 Å². The largest absolute Gasteiger partial charge is 0.478 e. The number of rotatable bonds is 3. The fourth-order valence-electron chi connectivity index (χ4n) is 2.57. The van der Waals surface area contributed by atoms with E-state index in [9.17, 15) is 19.7 Å². The van der Waals surface area contributed by atoms with Crippen LogP contribution in [-0.2, 0) is 6.42 Å². The van der Waals surface area contributed by atoms with Gasteiger partial charge in [-0.1, -0.05) is 0 Å². The first kappa shape index (κ1) is 14.5. The minimum absolute atomic E-state index is 0.0953. The molecule has 1 aliphatic heterocycles. The Bertz CT molecular complexity index is 875. The molecule has 0 amide bonds. The first-order valence-corrected chi connectivity index (χ1v) is 6.54. The third-order valence-electron chi connectivity index (χ3n) is 3.64. The highest BCUT2D eigenvalue weighted by atomic mass is 16.6. The maximum absolute atomic E-state index is 11.2. The summed E-state index contributed by atoms with van der Waals surface area (Å²) < 4.78 is 0. The third kappa shape index (κ3) is 2.46. The van der Waals surface area contributed by atoms with E-state index in [0.717, 1.165) is 6.07 Å². The summed E-state index contributed by atoms with van der Waals surface area (Å²) in [5, 5.41) is 32.2. The lowest BCUT2D eigenvalue weighted by atomic mass is 9.93. The average Bonchev–Trinajstić information content (AvgIpc) is 2.50. The number of nitro groups is 1. The number of nitrogens with one attached hydrogen (secondary N) is 1. The van der Waals surface area contributed by atoms with Gasteiger partial charge >= 0.3 is 11.9 Å². The van der Waals surface area contributed by atoms with Crippen LogP contribution in [0.3, 0.4) is 0 Å². The summed E-state index contributed by atoms with van der Waals surface area (Å²) in [6, 6.07) is 6.76. The summed E-state index contributed by atoms with van der Waals surface area (Å²) in [5.41, 5.74) is 1.45. The van der Waals surface area contributed by atoms with Crippen LogP contribution in [0, 0.1) is 10.1 Å². The van der Waals surface area contributed by atoms with Crippen molar-refractivity contribution in [1.29, 1.82) is 0 Å². The summed E-state index contributed by atoms with van der Waals surface area (Å²) in [6.45, 7) is 0. The standard InChI is InChI=1S/C15H10N2O6/c18-14(19)7-1-2-11-8(3-7)4-9-5-10(15(20)21)6-12(17(22)23)13(9)16-11/h1-3,5-6,16H,4H2,(H,18,19)(H,20,21). The highest BCUT2D eigenvalue weighted by Gasteiger charge is 2.26. The van der Waals surface area contributed by atoms with Crippen LogP contribution in [0.15, 0.2) is 30.3 Å². The molecule has 0 atom stereocenters. The Kier molecular flexibility index (Phi) is 3.21. The van der Waals surface area contributed by atoms with Gasteiger partial charge in [0.1, 0.15) is 5.69 Å². The Morgan fingerprint density at radius 3 is 2.30 bits per heavy atom. The van der Waals surface area contributed by atoms with Gasteiger partial charge in [-0.15, -0.1) is 0 Å². The van der Waals surface area contributed by atoms with E-state index in [-0.39, 0.29) is 28.9 Å². The van der Waals surface area contributed by atoms with Crippen LogP contribution < -0.4 is 5.32 Å². The van der Waals surface area contributed by atoms with E-state index in [1.54, 1.807) is 0 Å². The number of nitro benzene ring substituents is 1. The second-order valence-electron chi connectivity index (χ2n) is 5.07. The number of hydrogen-bond acceptors (Lipinski definition) is 5. The molecule has 3 rings (SSSR count). The zero-order valence-electron chi connectivity index (χ0n) is 11.6. The second kappa shape index (κ2) is 5.09. The molecule has 1 aliphatic rings. The van der Waals surface area contributed by atoms with Crippen LogP contribution in [0.2, 0.25) is 0 Å². The lowest BCUT2D eigenvalue weighted by molar-refractivity contribution is -0.384. The molecule has 23 heavy (non-hydrogen) atoms. The predicted molar refractivity (Wildman–Crippen MR) is 79.5 cm³/mol. The molecule has 0 spiro atoms. The van der Waals surface area contributed by atoms with Crippen molar-refractivity contribution in [3.8, 4) is 0 Å². The van der Waals surface area contributed by atoms with Crippen LogP contribution in [0.4, 0.5) is 17.1 Å². The molecule has 8 nitrogen and oxygen atoms in total. The molecular weight excluding hydrogens is 304 g/mol. The number of carbonyl (C=O) groups is 2. The number of aromatic carboxylic acids is 2. The van der Waals surface area contributed by atoms with Gasteiger partial charge in [0.2, 0.25) is 0 Å². The van der Waals surface area contributed by atoms with Crippen molar-refractivity contribution >= 4 is 29.0 Å². The molecule has 0 bridgehead atoms. The molecular formula is C15H10N2O6. The monoisotopic (exact) mass is 314 g/mol. The quantitative estimate of drug-likeness (QED) is 0.500. The van der Waals surface area contributed by atoms with Crippen molar-refractivity contribution in [2.24, 2.45) is 0 Å². The van der Waals surface area contributed by atoms with Crippen LogP contribution in [-0.4, -0.2) is 27.1 Å². The summed E-state index contributed by atoms with van der Waals surface area (Å²) in [5.74, 6) is -2.34. The maximum atomic E-state index is 11.2. The third-order valence-corrected chi connectivity index (χ3v) is 3.64. The Labute approximate surface area is 129 Å². The Morgan fingerprint density at radius 2 is 1.70 bits per heavy atom. The zero-order valence-corrected chi connectivity index (χ0v) is 11.6. The van der Waals surface area contributed by atoms with E-state index >= 15 is 0 Å². The van der Waals surface area contributed by atoms with E-state index in [1.807, 2.05) is 0 Å². The van der Waals surface area contributed by atoms with Crippen LogP contribution in [0.5, 0.6) is 0 Å². The minimum Gasteiger partial charge on any atom is -0.478 e. The van der Waals surface area contributed by atoms with Crippen molar-refractivity contribution in [3.05, 3.63) is 62.7 Å². The molecule has 0 aromatic heterocycles. The van der Waals surface area contributed by atoms with Crippen LogP contribution in [0.1, 0.15) is 31.8 Å². The molecule has 2 aromatic rings. The highest BCUT2D eigenvalue weighted by Crippen LogP contribution is 2.39. The summed E-state index contributed by atoms with van der Waals surface area (Å²) in [4.78, 5) is 32.7. The van der Waals surface area contributed by atoms with Gasteiger partial charge in [-0.2, -0.15) is 0 Å². The van der Waals surface area contributed by atoms with Gasteiger partial charge in [-0.05, 0) is 35.4 Å². The molecule has 116 valence electrons. The van der Waals surface area contributed by atoms with Gasteiger partial charge in [0.25, 0.3) is 5.69 Å². The predicted octanol–water partition coefficient (Wildman–Crippen LogP) is 2.64. The lowest BCUT2D eigenvalue weighted by Crippen LogP contribution is -2.12. The van der Waals surface area contributed by atoms with Crippen molar-refractivity contribution in [3.63, 3.8) is 0 Å². The van der Waals surface area contributed by atoms with Gasteiger partial charge in [0.15, 0.2) is 0 Å². The molecule has 8 heteroatoms. The maximum Gasteiger partial charge on any atom is 0.335 e. The molecule has 0 radical (unpaired) electrons. The molecule has 0 saturated carbocycles. The molecule has 2 aromatic carbocycles. The zero-order chi connectivity index (χ0) is 16.7. The molecule has 0 fully saturated rings. The van der Waals surface area contributed by atoms with Gasteiger partial charge in [-0.3, -0.25) is 10.1 Å². The average molecular weight is 314 g/mol. The molecule has 1 heterocycles. The normalized spacial score (nSPS) is 11.8. The van der Waals surface area contributed by atoms with Gasteiger partial charge in [0, 0.05) is 18.2 Å². The number of hydrogen-bond donors (Lipinski definition) is 3. The Hall–Kier alpha value is -3.42. The first-order chi connectivity index (χ1) is 10.9. The smallest absolute Gasteiger partial charge is 0.335 e. The number of carboxylic acids is 2. The Morgan fingerprint density at radius 1 is 1.04 bits per heavy atom. The van der Waals surface area contributed by atoms with Crippen molar-refractivity contribution in [1.82, 2.24) is 0 Å². The number of anilines is 2. The van der Waals surface area contributed by atoms with Gasteiger partial charge in [0.05, 0.1) is 16.1 Å². The SMILES string of the molecule is O=C(O)c1ccc2c(c1)Cc1cc(C(=O)O)cc([N+](=O)[O-])c1N2. The molecule has 0 unspecified atom stereocenters. The molecule has 3 N–H and O–H groups in total. The van der Waals surface area contributed by atoms with E-state index in [0.29, 0.717) is 16.8 Å². The van der Waals surface area contributed by atoms with E-state index in [2.05, 4.69) is 5.32 Å². The summed E-state index contributed by atoms with van der Waals surface area (Å²) in [6.07, 6.45) is 0.209.